The van der Waals surface area contributed by atoms with Gasteiger partial charge >= 0.3 is 0 Å². The molecule has 14 aromatic rings. The lowest BCUT2D eigenvalue weighted by Crippen LogP contribution is -2.18. The molecule has 86 heavy (non-hydrogen) atoms. The van der Waals surface area contributed by atoms with Crippen molar-refractivity contribution >= 4 is 27.5 Å². The quantitative estimate of drug-likeness (QED) is 0.121. The lowest BCUT2D eigenvalue weighted by Gasteiger charge is -2.22. The van der Waals surface area contributed by atoms with E-state index in [1.165, 1.54) is 0 Å². The third-order valence-corrected chi connectivity index (χ3v) is 15.9. The fraction of sp³-hybridized carbons (Fsp3) is 0.0270. The number of allylic oxidation sites excluding steroid dienone is 2. The molecule has 0 amide bonds. The van der Waals surface area contributed by atoms with Crippen LogP contribution in [0.3, 0.4) is 0 Å². The highest BCUT2D eigenvalue weighted by Gasteiger charge is 2.39. The SMILES string of the molecule is C1=CC2Oc3c(-c4nc(-c5ccccc5)cc5c4oc4ccc(-c6c(-c7ccncc7)nc(-c7ccccc7)nc6-c6ccncc6)cc45)cc(-c4ccccc4)nc3C2C=C1c1c(-c2ccncc2)nc(-c2ccccc2)nc1-c1ccncc1. The number of hydrogen-bond acceptors (Lipinski definition) is 12. The Morgan fingerprint density at radius 1 is 0.349 bits per heavy atom. The van der Waals surface area contributed by atoms with Crippen LogP contribution in [0.4, 0.5) is 0 Å². The van der Waals surface area contributed by atoms with Crippen molar-refractivity contribution in [2.75, 3.05) is 0 Å². The van der Waals surface area contributed by atoms with Crippen molar-refractivity contribution in [1.82, 2.24) is 49.8 Å². The van der Waals surface area contributed by atoms with Crippen LogP contribution in [0.25, 0.3) is 140 Å². The van der Waals surface area contributed by atoms with E-state index < -0.39 is 6.10 Å². The zero-order valence-corrected chi connectivity index (χ0v) is 45.8. The molecule has 16 rings (SSSR count). The number of benzene rings is 5. The van der Waals surface area contributed by atoms with E-state index in [2.05, 4.69) is 86.7 Å². The molecule has 1 aliphatic carbocycles. The molecule has 0 saturated carbocycles. The van der Waals surface area contributed by atoms with E-state index in [-0.39, 0.29) is 5.92 Å². The lowest BCUT2D eigenvalue weighted by atomic mass is 9.85. The minimum Gasteiger partial charge on any atom is -0.483 e. The van der Waals surface area contributed by atoms with Gasteiger partial charge in [-0.25, -0.2) is 29.9 Å². The van der Waals surface area contributed by atoms with Gasteiger partial charge in [-0.05, 0) is 90.0 Å². The highest BCUT2D eigenvalue weighted by Crippen LogP contribution is 2.52. The first kappa shape index (κ1) is 50.0. The maximum atomic E-state index is 7.23. The number of furan rings is 1. The molecule has 0 N–H and O–H groups in total. The van der Waals surface area contributed by atoms with Gasteiger partial charge in [0.25, 0.3) is 0 Å². The Labute approximate surface area is 493 Å². The van der Waals surface area contributed by atoms with Gasteiger partial charge in [0.2, 0.25) is 0 Å². The summed E-state index contributed by atoms with van der Waals surface area (Å²) in [6.45, 7) is 0. The summed E-state index contributed by atoms with van der Waals surface area (Å²) in [5, 5.41) is 1.76. The van der Waals surface area contributed by atoms with Crippen molar-refractivity contribution in [1.29, 1.82) is 0 Å². The molecule has 0 bridgehead atoms. The molecule has 0 radical (unpaired) electrons. The minimum atomic E-state index is -0.407. The first-order valence-corrected chi connectivity index (χ1v) is 28.3. The summed E-state index contributed by atoms with van der Waals surface area (Å²) >= 11 is 0. The van der Waals surface area contributed by atoms with Crippen LogP contribution in [0.2, 0.25) is 0 Å². The van der Waals surface area contributed by atoms with Crippen LogP contribution < -0.4 is 4.74 Å². The predicted molar refractivity (Wildman–Crippen MR) is 337 cm³/mol. The molecule has 10 heterocycles. The van der Waals surface area contributed by atoms with Crippen LogP contribution in [0.5, 0.6) is 5.75 Å². The number of aromatic nitrogens is 10. The van der Waals surface area contributed by atoms with Crippen molar-refractivity contribution in [2.45, 2.75) is 12.0 Å². The van der Waals surface area contributed by atoms with Crippen molar-refractivity contribution < 1.29 is 9.15 Å². The number of nitrogens with zero attached hydrogens (tertiary/aromatic N) is 10. The summed E-state index contributed by atoms with van der Waals surface area (Å²) in [7, 11) is 0. The van der Waals surface area contributed by atoms with Gasteiger partial charge in [0, 0.05) is 116 Å². The number of hydrogen-bond donors (Lipinski definition) is 0. The summed E-state index contributed by atoms with van der Waals surface area (Å²) in [5.41, 5.74) is 18.9. The van der Waals surface area contributed by atoms with E-state index >= 15 is 0 Å². The van der Waals surface area contributed by atoms with Gasteiger partial charge in [0.15, 0.2) is 23.0 Å². The standard InChI is InChI=1S/C74H46N10O2/c1-5-13-45(14-6-1)59-43-56-55-41-53(63-65(47-25-33-75-34-26-47)81-73(51-17-9-3-10-18-51)82-66(63)48-27-35-76-36-28-48)21-23-61(55)85-71(56)70(80-59)58-44-60(46-15-7-2-8-16-46)79-69-57-42-54(22-24-62(57)86-72(58)69)64-67(49-29-37-77-38-30-49)83-74(52-19-11-4-12-20-52)84-68(64)50-31-39-78-40-32-50/h1-44,57,62H. The summed E-state index contributed by atoms with van der Waals surface area (Å²) in [5.74, 6) is 1.50. The number of rotatable bonds is 11. The van der Waals surface area contributed by atoms with Gasteiger partial charge in [-0.15, -0.1) is 0 Å². The Morgan fingerprint density at radius 3 is 1.29 bits per heavy atom. The van der Waals surface area contributed by atoms with Gasteiger partial charge < -0.3 is 9.15 Å². The van der Waals surface area contributed by atoms with Crippen molar-refractivity contribution in [3.63, 3.8) is 0 Å². The second kappa shape index (κ2) is 21.2. The lowest BCUT2D eigenvalue weighted by molar-refractivity contribution is 0.270. The largest absolute Gasteiger partial charge is 0.483 e. The third-order valence-electron chi connectivity index (χ3n) is 15.9. The second-order valence-corrected chi connectivity index (χ2v) is 21.1. The topological polar surface area (TPSA) is 151 Å². The molecular weight excluding hydrogens is 1060 g/mol. The highest BCUT2D eigenvalue weighted by molar-refractivity contribution is 6.12. The molecule has 2 aliphatic rings. The zero-order valence-electron chi connectivity index (χ0n) is 45.8. The molecule has 0 saturated heterocycles. The molecule has 2 atom stereocenters. The Bertz CT molecular complexity index is 4820. The van der Waals surface area contributed by atoms with Gasteiger partial charge in [-0.1, -0.05) is 140 Å². The average molecular weight is 1110 g/mol. The maximum absolute atomic E-state index is 7.23. The molecule has 9 aromatic heterocycles. The fourth-order valence-electron chi connectivity index (χ4n) is 11.8. The van der Waals surface area contributed by atoms with Crippen molar-refractivity contribution in [3.8, 4) is 118 Å². The van der Waals surface area contributed by atoms with Crippen LogP contribution in [-0.4, -0.2) is 55.9 Å². The Hall–Kier alpha value is -11.8. The second-order valence-electron chi connectivity index (χ2n) is 21.1. The minimum absolute atomic E-state index is 0.331. The molecular formula is C74H46N10O2. The van der Waals surface area contributed by atoms with E-state index in [4.69, 9.17) is 39.1 Å². The van der Waals surface area contributed by atoms with Gasteiger partial charge in [0.1, 0.15) is 17.4 Å². The van der Waals surface area contributed by atoms with Crippen LogP contribution in [0.15, 0.2) is 272 Å². The van der Waals surface area contributed by atoms with Gasteiger partial charge in [-0.3, -0.25) is 19.9 Å². The monoisotopic (exact) mass is 1110 g/mol. The molecule has 1 aliphatic heterocycles. The summed E-state index contributed by atoms with van der Waals surface area (Å²) in [6, 6.07) is 67.2. The average Bonchev–Trinajstić information content (AvgIpc) is 2.08. The third kappa shape index (κ3) is 8.96. The Kier molecular flexibility index (Phi) is 12.3. The number of pyridine rings is 6. The molecule has 12 heteroatoms. The van der Waals surface area contributed by atoms with Crippen molar-refractivity contribution in [3.05, 3.63) is 279 Å². The summed E-state index contributed by atoms with van der Waals surface area (Å²) in [4.78, 5) is 50.1. The summed E-state index contributed by atoms with van der Waals surface area (Å²) < 4.78 is 14.4. The zero-order chi connectivity index (χ0) is 56.9. The van der Waals surface area contributed by atoms with Crippen LogP contribution in [0, 0.1) is 0 Å². The number of ether oxygens (including phenoxy) is 1. The van der Waals surface area contributed by atoms with E-state index in [9.17, 15) is 0 Å². The molecule has 2 unspecified atom stereocenters. The van der Waals surface area contributed by atoms with Crippen LogP contribution >= 0.6 is 0 Å². The molecule has 0 fully saturated rings. The van der Waals surface area contributed by atoms with E-state index in [1.54, 1.807) is 49.6 Å². The molecule has 5 aromatic carbocycles. The smallest absolute Gasteiger partial charge is 0.161 e. The van der Waals surface area contributed by atoms with E-state index in [1.807, 2.05) is 152 Å². The van der Waals surface area contributed by atoms with E-state index in [0.29, 0.717) is 34.3 Å². The molecule has 404 valence electrons. The van der Waals surface area contributed by atoms with Crippen LogP contribution in [-0.2, 0) is 0 Å². The van der Waals surface area contributed by atoms with Gasteiger partial charge in [-0.2, -0.15) is 0 Å². The van der Waals surface area contributed by atoms with Crippen molar-refractivity contribution in [2.24, 2.45) is 0 Å². The van der Waals surface area contributed by atoms with Crippen LogP contribution in [0.1, 0.15) is 17.2 Å². The first-order valence-electron chi connectivity index (χ1n) is 28.3. The normalized spacial score (nSPS) is 14.2. The predicted octanol–water partition coefficient (Wildman–Crippen LogP) is 16.7. The van der Waals surface area contributed by atoms with Gasteiger partial charge in [0.05, 0.1) is 51.3 Å². The molecule has 12 nitrogen and oxygen atoms in total. The fourth-order valence-corrected chi connectivity index (χ4v) is 11.8. The Balaban J connectivity index is 0.916. The summed E-state index contributed by atoms with van der Waals surface area (Å²) in [6.07, 6.45) is 20.5. The maximum Gasteiger partial charge on any atom is 0.161 e. The van der Waals surface area contributed by atoms with E-state index in [0.717, 1.165) is 123 Å². The highest BCUT2D eigenvalue weighted by atomic mass is 16.5. The Morgan fingerprint density at radius 2 is 0.802 bits per heavy atom. The number of fused-ring (bicyclic) bond motifs is 6. The first-order chi connectivity index (χ1) is 42.6. The molecule has 0 spiro atoms.